The van der Waals surface area contributed by atoms with E-state index < -0.39 is 21.2 Å². The molecule has 0 fully saturated rings. The quantitative estimate of drug-likeness (QED) is 0.928. The van der Waals surface area contributed by atoms with Crippen LogP contribution in [0.5, 0.6) is 0 Å². The number of sulfone groups is 1. The maximum atomic E-state index is 11.9. The summed E-state index contributed by atoms with van der Waals surface area (Å²) in [6.07, 6.45) is -0.831. The van der Waals surface area contributed by atoms with E-state index in [2.05, 4.69) is 15.9 Å². The molecule has 0 saturated heterocycles. The Bertz CT molecular complexity index is 437. The molecule has 0 aromatic heterocycles. The summed E-state index contributed by atoms with van der Waals surface area (Å²) in [6, 6.07) is 7.16. The number of rotatable bonds is 4. The number of benzene rings is 1. The molecule has 90 valence electrons. The number of halogens is 1. The Hall–Kier alpha value is -0.390. The van der Waals surface area contributed by atoms with Crippen LogP contribution in [0, 0.1) is 0 Å². The van der Waals surface area contributed by atoms with Crippen molar-refractivity contribution in [2.24, 2.45) is 0 Å². The Labute approximate surface area is 105 Å². The van der Waals surface area contributed by atoms with Gasteiger partial charge < -0.3 is 5.11 Å². The smallest absolute Gasteiger partial charge is 0.159 e. The lowest BCUT2D eigenvalue weighted by atomic mass is 10.2. The van der Waals surface area contributed by atoms with Crippen LogP contribution in [0.3, 0.4) is 0 Å². The molecule has 1 unspecified atom stereocenters. The van der Waals surface area contributed by atoms with E-state index in [4.69, 9.17) is 5.11 Å². The molecular formula is C11H15BrO3S. The summed E-state index contributed by atoms with van der Waals surface area (Å²) in [5.74, 6) is -0.204. The summed E-state index contributed by atoms with van der Waals surface area (Å²) in [7, 11) is -3.29. The third-order valence-electron chi connectivity index (χ3n) is 2.35. The van der Waals surface area contributed by atoms with Crippen LogP contribution in [-0.2, 0) is 9.84 Å². The Kier molecular flexibility index (Phi) is 4.52. The van der Waals surface area contributed by atoms with Gasteiger partial charge in [-0.05, 0) is 31.5 Å². The van der Waals surface area contributed by atoms with Crippen molar-refractivity contribution in [3.8, 4) is 0 Å². The van der Waals surface area contributed by atoms with E-state index in [9.17, 15) is 8.42 Å². The van der Waals surface area contributed by atoms with Gasteiger partial charge in [0, 0.05) is 4.47 Å². The fourth-order valence-electron chi connectivity index (χ4n) is 1.42. The monoisotopic (exact) mass is 306 g/mol. The molecule has 1 aromatic carbocycles. The molecule has 16 heavy (non-hydrogen) atoms. The second-order valence-corrected chi connectivity index (χ2v) is 7.15. The molecule has 0 radical (unpaired) electrons. The first-order valence-corrected chi connectivity index (χ1v) is 7.49. The third-order valence-corrected chi connectivity index (χ3v) is 5.18. The molecular weight excluding hydrogens is 292 g/mol. The molecule has 0 saturated carbocycles. The van der Waals surface area contributed by atoms with E-state index in [0.29, 0.717) is 0 Å². The molecule has 2 atom stereocenters. The fourth-order valence-corrected chi connectivity index (χ4v) is 3.22. The van der Waals surface area contributed by atoms with Crippen molar-refractivity contribution in [3.63, 3.8) is 0 Å². The van der Waals surface area contributed by atoms with Gasteiger partial charge in [-0.1, -0.05) is 28.1 Å². The molecule has 3 nitrogen and oxygen atoms in total. The minimum Gasteiger partial charge on any atom is -0.392 e. The van der Waals surface area contributed by atoms with Gasteiger partial charge >= 0.3 is 0 Å². The first-order valence-electron chi connectivity index (χ1n) is 4.98. The molecule has 1 aromatic rings. The second kappa shape index (κ2) is 5.29. The molecule has 0 bridgehead atoms. The summed E-state index contributed by atoms with van der Waals surface area (Å²) < 4.78 is 24.6. The van der Waals surface area contributed by atoms with Gasteiger partial charge in [0.2, 0.25) is 0 Å². The molecule has 0 amide bonds. The van der Waals surface area contributed by atoms with Crippen molar-refractivity contribution < 1.29 is 13.5 Å². The van der Waals surface area contributed by atoms with Gasteiger partial charge in [0.25, 0.3) is 0 Å². The molecule has 0 spiro atoms. The van der Waals surface area contributed by atoms with E-state index in [0.717, 1.165) is 10.0 Å². The average molecular weight is 307 g/mol. The van der Waals surface area contributed by atoms with Crippen molar-refractivity contribution in [2.75, 3.05) is 5.75 Å². The van der Waals surface area contributed by atoms with Crippen LogP contribution in [0.25, 0.3) is 0 Å². The summed E-state index contributed by atoms with van der Waals surface area (Å²) in [5.41, 5.74) is 0.740. The van der Waals surface area contributed by atoms with Crippen LogP contribution in [-0.4, -0.2) is 25.4 Å². The van der Waals surface area contributed by atoms with E-state index >= 15 is 0 Å². The maximum Gasteiger partial charge on any atom is 0.159 e. The van der Waals surface area contributed by atoms with Crippen molar-refractivity contribution in [1.82, 2.24) is 0 Å². The van der Waals surface area contributed by atoms with Crippen LogP contribution < -0.4 is 0 Å². The summed E-state index contributed by atoms with van der Waals surface area (Å²) >= 11 is 3.30. The highest BCUT2D eigenvalue weighted by Gasteiger charge is 2.24. The first-order chi connectivity index (χ1) is 7.33. The number of aliphatic hydroxyl groups is 1. The minimum atomic E-state index is -3.29. The normalized spacial score (nSPS) is 15.8. The lowest BCUT2D eigenvalue weighted by molar-refractivity contribution is 0.218. The number of hydrogen-bond donors (Lipinski definition) is 1. The van der Waals surface area contributed by atoms with E-state index in [-0.39, 0.29) is 5.75 Å². The van der Waals surface area contributed by atoms with Crippen LogP contribution in [0.1, 0.15) is 24.7 Å². The van der Waals surface area contributed by atoms with Crippen molar-refractivity contribution in [1.29, 1.82) is 0 Å². The minimum absolute atomic E-state index is 0.204. The number of aliphatic hydroxyl groups excluding tert-OH is 1. The van der Waals surface area contributed by atoms with Gasteiger partial charge in [-0.25, -0.2) is 8.42 Å². The third kappa shape index (κ3) is 3.57. The van der Waals surface area contributed by atoms with E-state index in [1.807, 2.05) is 12.1 Å². The van der Waals surface area contributed by atoms with E-state index in [1.54, 1.807) is 19.1 Å². The molecule has 0 heterocycles. The Morgan fingerprint density at radius 2 is 1.75 bits per heavy atom. The standard InChI is InChI=1S/C11H15BrO3S/c1-8(13)7-16(14,15)9(2)10-3-5-11(12)6-4-10/h3-6,8-9,13H,7H2,1-2H3/t8-,9?/m1/s1. The van der Waals surface area contributed by atoms with Crippen LogP contribution in [0.15, 0.2) is 28.7 Å². The molecule has 0 aliphatic carbocycles. The van der Waals surface area contributed by atoms with Gasteiger partial charge in [0.15, 0.2) is 9.84 Å². The zero-order valence-electron chi connectivity index (χ0n) is 9.22. The SMILES string of the molecule is CC(c1ccc(Br)cc1)S(=O)(=O)C[C@@H](C)O. The summed E-state index contributed by atoms with van der Waals surface area (Å²) in [6.45, 7) is 3.12. The van der Waals surface area contributed by atoms with Gasteiger partial charge in [-0.3, -0.25) is 0 Å². The summed E-state index contributed by atoms with van der Waals surface area (Å²) in [4.78, 5) is 0. The zero-order chi connectivity index (χ0) is 12.3. The highest BCUT2D eigenvalue weighted by atomic mass is 79.9. The van der Waals surface area contributed by atoms with E-state index in [1.165, 1.54) is 6.92 Å². The number of hydrogen-bond acceptors (Lipinski definition) is 3. The molecule has 0 aliphatic heterocycles. The highest BCUT2D eigenvalue weighted by molar-refractivity contribution is 9.10. The zero-order valence-corrected chi connectivity index (χ0v) is 11.6. The van der Waals surface area contributed by atoms with Gasteiger partial charge in [0.1, 0.15) is 0 Å². The molecule has 5 heteroatoms. The van der Waals surface area contributed by atoms with Crippen molar-refractivity contribution >= 4 is 25.8 Å². The Balaban J connectivity index is 2.93. The maximum absolute atomic E-state index is 11.9. The van der Waals surface area contributed by atoms with Crippen molar-refractivity contribution in [2.45, 2.75) is 25.2 Å². The highest BCUT2D eigenvalue weighted by Crippen LogP contribution is 2.24. The lowest BCUT2D eigenvalue weighted by Gasteiger charge is -2.14. The predicted octanol–water partition coefficient (Wildman–Crippen LogP) is 2.31. The van der Waals surface area contributed by atoms with Gasteiger partial charge in [-0.15, -0.1) is 0 Å². The summed E-state index contributed by atoms with van der Waals surface area (Å²) in [5, 5.41) is 8.55. The lowest BCUT2D eigenvalue weighted by Crippen LogP contribution is -2.22. The topological polar surface area (TPSA) is 54.4 Å². The van der Waals surface area contributed by atoms with Gasteiger partial charge in [-0.2, -0.15) is 0 Å². The predicted molar refractivity (Wildman–Crippen MR) is 68.0 cm³/mol. The first kappa shape index (κ1) is 13.7. The Morgan fingerprint density at radius 1 is 1.25 bits per heavy atom. The average Bonchev–Trinajstić information content (AvgIpc) is 2.16. The van der Waals surface area contributed by atoms with Crippen LogP contribution in [0.4, 0.5) is 0 Å². The fraction of sp³-hybridized carbons (Fsp3) is 0.455. The largest absolute Gasteiger partial charge is 0.392 e. The molecule has 0 aliphatic rings. The van der Waals surface area contributed by atoms with Gasteiger partial charge in [0.05, 0.1) is 17.1 Å². The molecule has 1 rings (SSSR count). The van der Waals surface area contributed by atoms with Crippen molar-refractivity contribution in [3.05, 3.63) is 34.3 Å². The Morgan fingerprint density at radius 3 is 2.19 bits per heavy atom. The van der Waals surface area contributed by atoms with Crippen LogP contribution in [0.2, 0.25) is 0 Å². The second-order valence-electron chi connectivity index (χ2n) is 3.87. The molecule has 1 N–H and O–H groups in total. The van der Waals surface area contributed by atoms with Crippen LogP contribution >= 0.6 is 15.9 Å².